The van der Waals surface area contributed by atoms with E-state index in [1.54, 1.807) is 24.3 Å². The molecule has 0 unspecified atom stereocenters. The van der Waals surface area contributed by atoms with Crippen molar-refractivity contribution in [1.82, 2.24) is 0 Å². The molecule has 0 heterocycles. The van der Waals surface area contributed by atoms with E-state index in [2.05, 4.69) is 0 Å². The first-order valence-corrected chi connectivity index (χ1v) is 6.11. The second-order valence-electron chi connectivity index (χ2n) is 4.54. The third-order valence-corrected chi connectivity index (χ3v) is 3.11. The fourth-order valence-electron chi connectivity index (χ4n) is 2.02. The van der Waals surface area contributed by atoms with E-state index in [1.807, 2.05) is 6.07 Å². The molecule has 0 aromatic heterocycles. The van der Waals surface area contributed by atoms with Crippen molar-refractivity contribution in [2.45, 2.75) is 18.6 Å². The van der Waals surface area contributed by atoms with E-state index in [0.717, 1.165) is 11.6 Å². The van der Waals surface area contributed by atoms with Gasteiger partial charge in [0, 0.05) is 12.0 Å². The standard InChI is InChI=1S/C15H14F3NO.ClH/c16-10-6-7-11(17)14(18)13(10)15(19)12(20)8-9-4-2-1-3-5-9;/h1-7,12,15,20H,8,19H2;1H/t12-,15-;/m0./s1. The molecule has 2 rings (SSSR count). The minimum Gasteiger partial charge on any atom is -0.391 e. The number of hydrogen-bond acceptors (Lipinski definition) is 2. The molecule has 0 aliphatic rings. The maximum atomic E-state index is 13.6. The third kappa shape index (κ3) is 3.97. The van der Waals surface area contributed by atoms with Crippen LogP contribution in [-0.2, 0) is 6.42 Å². The van der Waals surface area contributed by atoms with Crippen LogP contribution in [0, 0.1) is 17.5 Å². The van der Waals surface area contributed by atoms with Gasteiger partial charge in [0.25, 0.3) is 0 Å². The molecule has 0 bridgehead atoms. The van der Waals surface area contributed by atoms with Gasteiger partial charge in [-0.05, 0) is 17.7 Å². The largest absolute Gasteiger partial charge is 0.391 e. The molecule has 0 amide bonds. The summed E-state index contributed by atoms with van der Waals surface area (Å²) < 4.78 is 40.3. The quantitative estimate of drug-likeness (QED) is 0.851. The molecule has 3 N–H and O–H groups in total. The van der Waals surface area contributed by atoms with Gasteiger partial charge in [-0.2, -0.15) is 0 Å². The van der Waals surface area contributed by atoms with Gasteiger partial charge < -0.3 is 10.8 Å². The van der Waals surface area contributed by atoms with Gasteiger partial charge in [0.2, 0.25) is 0 Å². The Kier molecular flexibility index (Phi) is 6.20. The summed E-state index contributed by atoms with van der Waals surface area (Å²) in [6.07, 6.45) is -1.10. The number of hydrogen-bond donors (Lipinski definition) is 2. The summed E-state index contributed by atoms with van der Waals surface area (Å²) in [4.78, 5) is 0. The minimum atomic E-state index is -1.36. The van der Waals surface area contributed by atoms with Crippen molar-refractivity contribution in [2.75, 3.05) is 0 Å². The second kappa shape index (κ2) is 7.45. The van der Waals surface area contributed by atoms with E-state index in [4.69, 9.17) is 5.73 Å². The highest BCUT2D eigenvalue weighted by atomic mass is 35.5. The first-order chi connectivity index (χ1) is 9.50. The molecule has 6 heteroatoms. The lowest BCUT2D eigenvalue weighted by molar-refractivity contribution is 0.141. The van der Waals surface area contributed by atoms with Crippen molar-refractivity contribution < 1.29 is 18.3 Å². The maximum Gasteiger partial charge on any atom is 0.166 e. The SMILES string of the molecule is Cl.N[C@H](c1c(F)ccc(F)c1F)[C@@H](O)Cc1ccccc1. The highest BCUT2D eigenvalue weighted by molar-refractivity contribution is 5.85. The van der Waals surface area contributed by atoms with Gasteiger partial charge in [0.05, 0.1) is 12.1 Å². The Morgan fingerprint density at radius 2 is 1.52 bits per heavy atom. The third-order valence-electron chi connectivity index (χ3n) is 3.11. The van der Waals surface area contributed by atoms with Crippen molar-refractivity contribution >= 4 is 12.4 Å². The number of halogens is 4. The van der Waals surface area contributed by atoms with Crippen LogP contribution in [-0.4, -0.2) is 11.2 Å². The van der Waals surface area contributed by atoms with Crippen LogP contribution in [0.25, 0.3) is 0 Å². The molecule has 2 aromatic rings. The van der Waals surface area contributed by atoms with Crippen LogP contribution in [0.3, 0.4) is 0 Å². The monoisotopic (exact) mass is 317 g/mol. The average Bonchev–Trinajstić information content (AvgIpc) is 2.44. The number of aliphatic hydroxyl groups excluding tert-OH is 1. The summed E-state index contributed by atoms with van der Waals surface area (Å²) in [5.41, 5.74) is 5.80. The Morgan fingerprint density at radius 1 is 0.952 bits per heavy atom. The molecule has 0 saturated heterocycles. The van der Waals surface area contributed by atoms with E-state index in [1.165, 1.54) is 0 Å². The van der Waals surface area contributed by atoms with Crippen LogP contribution in [0.1, 0.15) is 17.2 Å². The van der Waals surface area contributed by atoms with Gasteiger partial charge in [-0.25, -0.2) is 13.2 Å². The van der Waals surface area contributed by atoms with Crippen molar-refractivity contribution in [3.8, 4) is 0 Å². The Labute approximate surface area is 126 Å². The van der Waals surface area contributed by atoms with Gasteiger partial charge in [-0.3, -0.25) is 0 Å². The first-order valence-electron chi connectivity index (χ1n) is 6.11. The lowest BCUT2D eigenvalue weighted by atomic mass is 9.96. The Hall–Kier alpha value is -1.56. The number of aliphatic hydroxyl groups is 1. The summed E-state index contributed by atoms with van der Waals surface area (Å²) in [6.45, 7) is 0. The van der Waals surface area contributed by atoms with Gasteiger partial charge in [-0.1, -0.05) is 30.3 Å². The minimum absolute atomic E-state index is 0. The maximum absolute atomic E-state index is 13.6. The number of nitrogens with two attached hydrogens (primary N) is 1. The fraction of sp³-hybridized carbons (Fsp3) is 0.200. The Balaban J connectivity index is 0.00000220. The molecule has 2 aromatic carbocycles. The molecule has 0 saturated carbocycles. The van der Waals surface area contributed by atoms with Gasteiger partial charge in [-0.15, -0.1) is 12.4 Å². The lowest BCUT2D eigenvalue weighted by Gasteiger charge is -2.20. The van der Waals surface area contributed by atoms with E-state index < -0.39 is 35.2 Å². The van der Waals surface area contributed by atoms with E-state index in [-0.39, 0.29) is 18.8 Å². The zero-order valence-corrected chi connectivity index (χ0v) is 11.8. The van der Waals surface area contributed by atoms with Crippen LogP contribution in [0.15, 0.2) is 42.5 Å². The summed E-state index contributed by atoms with van der Waals surface area (Å²) >= 11 is 0. The summed E-state index contributed by atoms with van der Waals surface area (Å²) in [5.74, 6) is -3.52. The highest BCUT2D eigenvalue weighted by Crippen LogP contribution is 2.25. The molecule has 0 fully saturated rings. The van der Waals surface area contributed by atoms with Gasteiger partial charge in [0.1, 0.15) is 5.82 Å². The lowest BCUT2D eigenvalue weighted by Crippen LogP contribution is -2.30. The molecule has 0 aliphatic heterocycles. The molecular formula is C15H15ClF3NO. The van der Waals surface area contributed by atoms with E-state index >= 15 is 0 Å². The predicted octanol–water partition coefficient (Wildman–Crippen LogP) is 3.13. The fourth-order valence-corrected chi connectivity index (χ4v) is 2.02. The number of rotatable bonds is 4. The summed E-state index contributed by atoms with van der Waals surface area (Å²) in [5, 5.41) is 9.98. The van der Waals surface area contributed by atoms with Crippen LogP contribution < -0.4 is 5.73 Å². The molecule has 2 nitrogen and oxygen atoms in total. The molecular weight excluding hydrogens is 303 g/mol. The van der Waals surface area contributed by atoms with Gasteiger partial charge in [0.15, 0.2) is 11.6 Å². The van der Waals surface area contributed by atoms with E-state index in [9.17, 15) is 18.3 Å². The van der Waals surface area contributed by atoms with Crippen molar-refractivity contribution in [2.24, 2.45) is 5.73 Å². The molecule has 2 atom stereocenters. The number of benzene rings is 2. The first kappa shape index (κ1) is 17.5. The average molecular weight is 318 g/mol. The van der Waals surface area contributed by atoms with Crippen LogP contribution >= 0.6 is 12.4 Å². The predicted molar refractivity (Wildman–Crippen MR) is 76.6 cm³/mol. The molecule has 0 aliphatic carbocycles. The summed E-state index contributed by atoms with van der Waals surface area (Å²) in [7, 11) is 0. The summed E-state index contributed by atoms with van der Waals surface area (Å²) in [6, 6.07) is 9.01. The Bertz CT molecular complexity index is 595. The van der Waals surface area contributed by atoms with Crippen LogP contribution in [0.5, 0.6) is 0 Å². The van der Waals surface area contributed by atoms with Crippen molar-refractivity contribution in [1.29, 1.82) is 0 Å². The normalized spacial score (nSPS) is 13.4. The zero-order chi connectivity index (χ0) is 14.7. The topological polar surface area (TPSA) is 46.2 Å². The van der Waals surface area contributed by atoms with Crippen molar-refractivity contribution in [3.05, 3.63) is 71.0 Å². The van der Waals surface area contributed by atoms with Crippen LogP contribution in [0.2, 0.25) is 0 Å². The van der Waals surface area contributed by atoms with Crippen molar-refractivity contribution in [3.63, 3.8) is 0 Å². The smallest absolute Gasteiger partial charge is 0.166 e. The van der Waals surface area contributed by atoms with Crippen LogP contribution in [0.4, 0.5) is 13.2 Å². The van der Waals surface area contributed by atoms with E-state index in [0.29, 0.717) is 6.07 Å². The molecule has 21 heavy (non-hydrogen) atoms. The molecule has 114 valence electrons. The highest BCUT2D eigenvalue weighted by Gasteiger charge is 2.25. The zero-order valence-electron chi connectivity index (χ0n) is 11.0. The molecule has 0 spiro atoms. The second-order valence-corrected chi connectivity index (χ2v) is 4.54. The molecule has 0 radical (unpaired) electrons. The Morgan fingerprint density at radius 3 is 2.14 bits per heavy atom. The van der Waals surface area contributed by atoms with Gasteiger partial charge >= 0.3 is 0 Å².